The first-order chi connectivity index (χ1) is 6.74. The normalized spacial score (nSPS) is 12.4. The summed E-state index contributed by atoms with van der Waals surface area (Å²) < 4.78 is 30.7. The predicted molar refractivity (Wildman–Crippen MR) is 50.1 cm³/mol. The van der Waals surface area contributed by atoms with Gasteiger partial charge in [0.2, 0.25) is 6.29 Å². The predicted octanol–water partition coefficient (Wildman–Crippen LogP) is 0.271. The maximum atomic E-state index is 10.7. The molecule has 1 N–H and O–H groups in total. The molecule has 15 heavy (non-hydrogen) atoms. The minimum Gasteiger partial charge on any atom is -0.422 e. The Labute approximate surface area is 90.5 Å². The molecular formula is C6H8ClNO6S. The Morgan fingerprint density at radius 2 is 2.00 bits per heavy atom. The zero-order valence-electron chi connectivity index (χ0n) is 7.60. The van der Waals surface area contributed by atoms with E-state index in [1.54, 1.807) is 0 Å². The van der Waals surface area contributed by atoms with Gasteiger partial charge in [-0.1, -0.05) is 6.58 Å². The Morgan fingerprint density at radius 1 is 1.47 bits per heavy atom. The number of hydrogen-bond donors (Lipinski definition) is 1. The van der Waals surface area contributed by atoms with Crippen LogP contribution in [0.5, 0.6) is 0 Å². The molecule has 0 heterocycles. The Hall–Kier alpha value is -1.28. The number of carbonyl (C=O) groups is 2. The highest BCUT2D eigenvalue weighted by Gasteiger charge is 2.16. The van der Waals surface area contributed by atoms with Crippen LogP contribution >= 0.6 is 10.7 Å². The number of nitrogens with one attached hydrogen (secondary N) is 1. The summed E-state index contributed by atoms with van der Waals surface area (Å²) in [5, 5.41) is 0. The lowest BCUT2D eigenvalue weighted by atomic mass is 10.6. The van der Waals surface area contributed by atoms with E-state index in [0.29, 0.717) is 0 Å². The van der Waals surface area contributed by atoms with Crippen LogP contribution in [0.4, 0.5) is 4.79 Å². The third-order valence-electron chi connectivity index (χ3n) is 0.927. The number of rotatable bonds is 4. The summed E-state index contributed by atoms with van der Waals surface area (Å²) in [5.41, 5.74) is 0. The van der Waals surface area contributed by atoms with Gasteiger partial charge in [0.1, 0.15) is 0 Å². The van der Waals surface area contributed by atoms with Crippen LogP contribution in [0.15, 0.2) is 12.7 Å². The highest BCUT2D eigenvalue weighted by molar-refractivity contribution is 8.12. The highest BCUT2D eigenvalue weighted by Crippen LogP contribution is 1.98. The second-order valence-corrected chi connectivity index (χ2v) is 4.45. The number of hydrogen-bond acceptors (Lipinski definition) is 6. The lowest BCUT2D eigenvalue weighted by Gasteiger charge is -2.12. The van der Waals surface area contributed by atoms with Gasteiger partial charge in [-0.2, -0.15) is 8.42 Å². The Bertz CT molecular complexity index is 364. The Kier molecular flexibility index (Phi) is 5.09. The molecule has 0 radical (unpaired) electrons. The van der Waals surface area contributed by atoms with Crippen LogP contribution in [0.3, 0.4) is 0 Å². The van der Waals surface area contributed by atoms with E-state index in [9.17, 15) is 18.0 Å². The van der Waals surface area contributed by atoms with E-state index in [1.807, 2.05) is 0 Å². The third kappa shape index (κ3) is 7.77. The van der Waals surface area contributed by atoms with Crippen LogP contribution in [-0.2, 0) is 23.5 Å². The van der Waals surface area contributed by atoms with E-state index in [-0.39, 0.29) is 0 Å². The summed E-state index contributed by atoms with van der Waals surface area (Å²) in [4.78, 5) is 21.3. The van der Waals surface area contributed by atoms with Gasteiger partial charge in [-0.3, -0.25) is 0 Å². The quantitative estimate of drug-likeness (QED) is 0.336. The SMILES string of the molecule is C=CC(=O)OC(C)OC(=O)NS(=O)(=O)Cl. The summed E-state index contributed by atoms with van der Waals surface area (Å²) in [6.45, 7) is 4.31. The molecule has 0 aromatic rings. The monoisotopic (exact) mass is 257 g/mol. The molecule has 0 fully saturated rings. The second-order valence-electron chi connectivity index (χ2n) is 2.15. The maximum Gasteiger partial charge on any atom is 0.424 e. The molecular weight excluding hydrogens is 250 g/mol. The summed E-state index contributed by atoms with van der Waals surface area (Å²) >= 11 is 0. The first kappa shape index (κ1) is 13.7. The van der Waals surface area contributed by atoms with Crippen molar-refractivity contribution in [3.63, 3.8) is 0 Å². The summed E-state index contributed by atoms with van der Waals surface area (Å²) in [7, 11) is 0.465. The van der Waals surface area contributed by atoms with Crippen molar-refractivity contribution in [2.24, 2.45) is 0 Å². The molecule has 9 heteroatoms. The first-order valence-electron chi connectivity index (χ1n) is 3.50. The van der Waals surface area contributed by atoms with Gasteiger partial charge in [-0.25, -0.2) is 14.3 Å². The molecule has 1 amide bonds. The highest BCUT2D eigenvalue weighted by atomic mass is 35.7. The fourth-order valence-electron chi connectivity index (χ4n) is 0.510. The third-order valence-corrected chi connectivity index (χ3v) is 1.57. The molecule has 0 rings (SSSR count). The van der Waals surface area contributed by atoms with Gasteiger partial charge in [0, 0.05) is 23.7 Å². The van der Waals surface area contributed by atoms with Crippen molar-refractivity contribution in [2.45, 2.75) is 13.2 Å². The van der Waals surface area contributed by atoms with Crippen molar-refractivity contribution in [2.75, 3.05) is 0 Å². The minimum absolute atomic E-state index is 0.816. The molecule has 0 bridgehead atoms. The van der Waals surface area contributed by atoms with Crippen LogP contribution in [0.2, 0.25) is 0 Å². The average Bonchev–Trinajstić information content (AvgIpc) is 1.99. The topological polar surface area (TPSA) is 98.8 Å². The van der Waals surface area contributed by atoms with Crippen molar-refractivity contribution in [3.8, 4) is 0 Å². The molecule has 0 aromatic heterocycles. The van der Waals surface area contributed by atoms with E-state index in [2.05, 4.69) is 26.7 Å². The zero-order valence-corrected chi connectivity index (χ0v) is 9.17. The van der Waals surface area contributed by atoms with Gasteiger partial charge in [-0.05, 0) is 0 Å². The van der Waals surface area contributed by atoms with Crippen LogP contribution in [0.1, 0.15) is 6.92 Å². The zero-order chi connectivity index (χ0) is 12.1. The van der Waals surface area contributed by atoms with Crippen molar-refractivity contribution < 1.29 is 27.5 Å². The van der Waals surface area contributed by atoms with Crippen molar-refractivity contribution in [3.05, 3.63) is 12.7 Å². The lowest BCUT2D eigenvalue weighted by Crippen LogP contribution is -2.31. The molecule has 1 unspecified atom stereocenters. The molecule has 0 saturated carbocycles. The molecule has 0 aliphatic rings. The number of halogens is 1. The van der Waals surface area contributed by atoms with Gasteiger partial charge in [0.25, 0.3) is 0 Å². The minimum atomic E-state index is -4.22. The van der Waals surface area contributed by atoms with E-state index in [4.69, 9.17) is 0 Å². The van der Waals surface area contributed by atoms with Gasteiger partial charge in [0.15, 0.2) is 0 Å². The molecule has 0 aliphatic carbocycles. The van der Waals surface area contributed by atoms with Crippen molar-refractivity contribution >= 4 is 32.0 Å². The standard InChI is InChI=1S/C6H8ClNO6S/c1-3-5(9)13-4(2)14-6(10)8-15(7,11)12/h3-4H,1H2,2H3,(H,8,10). The van der Waals surface area contributed by atoms with Gasteiger partial charge >= 0.3 is 21.3 Å². The summed E-state index contributed by atoms with van der Waals surface area (Å²) in [5.74, 6) is -0.816. The number of amides is 1. The van der Waals surface area contributed by atoms with Gasteiger partial charge < -0.3 is 9.47 Å². The molecule has 0 spiro atoms. The van der Waals surface area contributed by atoms with Crippen LogP contribution in [-0.4, -0.2) is 26.8 Å². The fourth-order valence-corrected chi connectivity index (χ4v) is 0.946. The van der Waals surface area contributed by atoms with Gasteiger partial charge in [-0.15, -0.1) is 0 Å². The molecule has 7 nitrogen and oxygen atoms in total. The van der Waals surface area contributed by atoms with E-state index in [0.717, 1.165) is 6.08 Å². The Morgan fingerprint density at radius 3 is 2.40 bits per heavy atom. The molecule has 86 valence electrons. The Balaban J connectivity index is 4.08. The van der Waals surface area contributed by atoms with Crippen LogP contribution in [0, 0.1) is 0 Å². The molecule has 1 atom stereocenters. The lowest BCUT2D eigenvalue weighted by molar-refractivity contribution is -0.158. The first-order valence-corrected chi connectivity index (χ1v) is 5.81. The van der Waals surface area contributed by atoms with Crippen LogP contribution < -0.4 is 4.72 Å². The summed E-state index contributed by atoms with van der Waals surface area (Å²) in [6.07, 6.45) is -1.75. The number of carbonyl (C=O) groups excluding carboxylic acids is 2. The van der Waals surface area contributed by atoms with E-state index in [1.165, 1.54) is 11.6 Å². The van der Waals surface area contributed by atoms with Crippen molar-refractivity contribution in [1.29, 1.82) is 0 Å². The fraction of sp³-hybridized carbons (Fsp3) is 0.333. The van der Waals surface area contributed by atoms with Gasteiger partial charge in [0.05, 0.1) is 0 Å². The average molecular weight is 258 g/mol. The smallest absolute Gasteiger partial charge is 0.422 e. The molecule has 0 aliphatic heterocycles. The number of esters is 1. The molecule has 0 saturated heterocycles. The van der Waals surface area contributed by atoms with Crippen molar-refractivity contribution in [1.82, 2.24) is 4.72 Å². The number of ether oxygens (including phenoxy) is 2. The van der Waals surface area contributed by atoms with Crippen LogP contribution in [0.25, 0.3) is 0 Å². The second kappa shape index (κ2) is 5.56. The van der Waals surface area contributed by atoms with E-state index >= 15 is 0 Å². The summed E-state index contributed by atoms with van der Waals surface area (Å²) in [6, 6.07) is 0. The van der Waals surface area contributed by atoms with E-state index < -0.39 is 27.6 Å². The maximum absolute atomic E-state index is 10.7. The molecule has 0 aromatic carbocycles. The largest absolute Gasteiger partial charge is 0.424 e.